The molecular formula is C21H15NO6S2. The highest BCUT2D eigenvalue weighted by atomic mass is 32.2. The average molecular weight is 441 g/mol. The Kier molecular flexibility index (Phi) is 5.73. The normalized spacial score (nSPS) is 15.1. The number of carbonyl (C=O) groups excluding carboxylic acids is 2. The zero-order valence-corrected chi connectivity index (χ0v) is 17.3. The van der Waals surface area contributed by atoms with Gasteiger partial charge >= 0.3 is 5.97 Å². The molecule has 3 heterocycles. The molecule has 7 nitrogen and oxygen atoms in total. The number of hydrogen-bond acceptors (Lipinski definition) is 8. The first-order valence-corrected chi connectivity index (χ1v) is 9.99. The van der Waals surface area contributed by atoms with Crippen LogP contribution >= 0.6 is 24.0 Å². The number of hydrogen-bond donors (Lipinski definition) is 0. The van der Waals surface area contributed by atoms with E-state index in [1.807, 2.05) is 0 Å². The minimum absolute atomic E-state index is 0.0846. The number of methoxy groups -OCH3 is 1. The van der Waals surface area contributed by atoms with Gasteiger partial charge in [-0.1, -0.05) is 30.0 Å². The Morgan fingerprint density at radius 3 is 2.67 bits per heavy atom. The molecule has 152 valence electrons. The standard InChI is InChI=1S/C21H15NO6S2/c1-25-17-10-13(6-7-15(17)28-20(24)16-5-3-9-27-16)11-18-19(23)22(21(29)30-18)12-14-4-2-8-26-14/h2-11H,12H2,1H3/b18-11+. The van der Waals surface area contributed by atoms with Gasteiger partial charge in [0.15, 0.2) is 11.5 Å². The van der Waals surface area contributed by atoms with Gasteiger partial charge in [-0.2, -0.15) is 0 Å². The van der Waals surface area contributed by atoms with E-state index in [1.54, 1.807) is 48.7 Å². The van der Waals surface area contributed by atoms with Crippen LogP contribution < -0.4 is 9.47 Å². The van der Waals surface area contributed by atoms with Crippen LogP contribution in [0, 0.1) is 0 Å². The summed E-state index contributed by atoms with van der Waals surface area (Å²) in [5.41, 5.74) is 0.697. The zero-order chi connectivity index (χ0) is 21.1. The quantitative estimate of drug-likeness (QED) is 0.239. The Morgan fingerprint density at radius 2 is 1.97 bits per heavy atom. The van der Waals surface area contributed by atoms with Gasteiger partial charge in [0.05, 0.1) is 31.1 Å². The fourth-order valence-corrected chi connectivity index (χ4v) is 4.00. The van der Waals surface area contributed by atoms with Crippen LogP contribution in [0.25, 0.3) is 6.08 Å². The van der Waals surface area contributed by atoms with Gasteiger partial charge in [-0.05, 0) is 48.0 Å². The smallest absolute Gasteiger partial charge is 0.379 e. The molecule has 1 aromatic carbocycles. The maximum absolute atomic E-state index is 12.7. The lowest BCUT2D eigenvalue weighted by Gasteiger charge is -2.12. The van der Waals surface area contributed by atoms with Crippen molar-refractivity contribution in [3.05, 3.63) is 77.0 Å². The summed E-state index contributed by atoms with van der Waals surface area (Å²) in [6.07, 6.45) is 4.65. The van der Waals surface area contributed by atoms with E-state index in [4.69, 9.17) is 30.5 Å². The third-order valence-electron chi connectivity index (χ3n) is 4.18. The Labute approximate surface area is 181 Å². The largest absolute Gasteiger partial charge is 0.493 e. The SMILES string of the molecule is COc1cc(/C=C2/SC(=S)N(Cc3ccco3)C2=O)ccc1OC(=O)c1ccco1. The summed E-state index contributed by atoms with van der Waals surface area (Å²) in [6.45, 7) is 0.278. The van der Waals surface area contributed by atoms with Gasteiger partial charge in [0.2, 0.25) is 5.76 Å². The van der Waals surface area contributed by atoms with Gasteiger partial charge in [-0.25, -0.2) is 4.79 Å². The van der Waals surface area contributed by atoms with Crippen LogP contribution in [0.5, 0.6) is 11.5 Å². The van der Waals surface area contributed by atoms with E-state index in [1.165, 1.54) is 36.1 Å². The molecule has 9 heteroatoms. The van der Waals surface area contributed by atoms with Gasteiger partial charge in [0, 0.05) is 0 Å². The van der Waals surface area contributed by atoms with Crippen LogP contribution in [0.15, 0.2) is 68.7 Å². The fourth-order valence-electron chi connectivity index (χ4n) is 2.75. The molecule has 1 amide bonds. The van der Waals surface area contributed by atoms with Crippen molar-refractivity contribution in [2.75, 3.05) is 7.11 Å². The topological polar surface area (TPSA) is 82.1 Å². The molecule has 0 saturated carbocycles. The van der Waals surface area contributed by atoms with Crippen LogP contribution in [-0.2, 0) is 11.3 Å². The maximum Gasteiger partial charge on any atom is 0.379 e. The van der Waals surface area contributed by atoms with Crippen molar-refractivity contribution in [1.82, 2.24) is 4.90 Å². The van der Waals surface area contributed by atoms with Crippen LogP contribution in [-0.4, -0.2) is 28.2 Å². The molecular weight excluding hydrogens is 426 g/mol. The molecule has 30 heavy (non-hydrogen) atoms. The lowest BCUT2D eigenvalue weighted by Crippen LogP contribution is -2.27. The zero-order valence-electron chi connectivity index (χ0n) is 15.7. The molecule has 1 saturated heterocycles. The van der Waals surface area contributed by atoms with E-state index in [9.17, 15) is 9.59 Å². The Hall–Kier alpha value is -3.30. The number of benzene rings is 1. The molecule has 0 bridgehead atoms. The van der Waals surface area contributed by atoms with Crippen LogP contribution in [0.3, 0.4) is 0 Å². The molecule has 1 fully saturated rings. The van der Waals surface area contributed by atoms with Gasteiger partial charge in [-0.3, -0.25) is 9.69 Å². The number of nitrogens with zero attached hydrogens (tertiary/aromatic N) is 1. The summed E-state index contributed by atoms with van der Waals surface area (Å²) in [5.74, 6) is 0.480. The molecule has 3 aromatic rings. The molecule has 0 aliphatic carbocycles. The van der Waals surface area contributed by atoms with Gasteiger partial charge in [0.25, 0.3) is 5.91 Å². The van der Waals surface area contributed by atoms with Gasteiger partial charge in [-0.15, -0.1) is 0 Å². The van der Waals surface area contributed by atoms with Crippen molar-refractivity contribution in [3.63, 3.8) is 0 Å². The number of furan rings is 2. The van der Waals surface area contributed by atoms with Crippen LogP contribution in [0.1, 0.15) is 21.9 Å². The molecule has 0 radical (unpaired) electrons. The first-order valence-electron chi connectivity index (χ1n) is 8.76. The lowest BCUT2D eigenvalue weighted by molar-refractivity contribution is -0.122. The summed E-state index contributed by atoms with van der Waals surface area (Å²) in [4.78, 5) is 26.8. The highest BCUT2D eigenvalue weighted by Gasteiger charge is 2.32. The fraction of sp³-hybridized carbons (Fsp3) is 0.0952. The number of carbonyl (C=O) groups is 2. The van der Waals surface area contributed by atoms with E-state index < -0.39 is 5.97 Å². The van der Waals surface area contributed by atoms with E-state index in [0.717, 1.165) is 0 Å². The molecule has 0 spiro atoms. The molecule has 0 atom stereocenters. The number of thiocarbonyl (C=S) groups is 1. The van der Waals surface area contributed by atoms with E-state index in [-0.39, 0.29) is 24.0 Å². The second-order valence-corrected chi connectivity index (χ2v) is 7.80. The van der Waals surface area contributed by atoms with Crippen molar-refractivity contribution >= 4 is 46.3 Å². The number of rotatable bonds is 6. The number of thioether (sulfide) groups is 1. The molecule has 1 aliphatic heterocycles. The predicted octanol–water partition coefficient (Wildman–Crippen LogP) is 4.50. The maximum atomic E-state index is 12.7. The third kappa shape index (κ3) is 4.17. The Balaban J connectivity index is 1.52. The number of esters is 1. The highest BCUT2D eigenvalue weighted by Crippen LogP contribution is 2.35. The van der Waals surface area contributed by atoms with E-state index in [0.29, 0.717) is 26.3 Å². The van der Waals surface area contributed by atoms with E-state index in [2.05, 4.69) is 0 Å². The summed E-state index contributed by atoms with van der Waals surface area (Å²) in [7, 11) is 1.46. The second-order valence-electron chi connectivity index (χ2n) is 6.12. The second kappa shape index (κ2) is 8.60. The summed E-state index contributed by atoms with van der Waals surface area (Å²) < 4.78 is 21.5. The number of ether oxygens (including phenoxy) is 2. The summed E-state index contributed by atoms with van der Waals surface area (Å²) >= 11 is 6.55. The molecule has 2 aromatic heterocycles. The first kappa shape index (κ1) is 20.0. The minimum Gasteiger partial charge on any atom is -0.493 e. The lowest BCUT2D eigenvalue weighted by atomic mass is 10.2. The van der Waals surface area contributed by atoms with Crippen molar-refractivity contribution < 1.29 is 27.9 Å². The molecule has 4 rings (SSSR count). The van der Waals surface area contributed by atoms with Crippen LogP contribution in [0.4, 0.5) is 0 Å². The van der Waals surface area contributed by atoms with Gasteiger partial charge < -0.3 is 18.3 Å². The van der Waals surface area contributed by atoms with Crippen molar-refractivity contribution in [3.8, 4) is 11.5 Å². The monoisotopic (exact) mass is 441 g/mol. The summed E-state index contributed by atoms with van der Waals surface area (Å²) in [6, 6.07) is 11.6. The van der Waals surface area contributed by atoms with Crippen molar-refractivity contribution in [2.24, 2.45) is 0 Å². The number of amides is 1. The average Bonchev–Trinajstić information content (AvgIpc) is 3.49. The van der Waals surface area contributed by atoms with Crippen LogP contribution in [0.2, 0.25) is 0 Å². The summed E-state index contributed by atoms with van der Waals surface area (Å²) in [5, 5.41) is 0. The predicted molar refractivity (Wildman–Crippen MR) is 114 cm³/mol. The Bertz CT molecular complexity index is 1120. The van der Waals surface area contributed by atoms with Gasteiger partial charge in [0.1, 0.15) is 10.1 Å². The first-order chi connectivity index (χ1) is 14.5. The van der Waals surface area contributed by atoms with Crippen molar-refractivity contribution in [2.45, 2.75) is 6.54 Å². The highest BCUT2D eigenvalue weighted by molar-refractivity contribution is 8.26. The van der Waals surface area contributed by atoms with Crippen molar-refractivity contribution in [1.29, 1.82) is 0 Å². The molecule has 0 unspecified atom stereocenters. The third-order valence-corrected chi connectivity index (χ3v) is 5.56. The molecule has 0 N–H and O–H groups in total. The van der Waals surface area contributed by atoms with E-state index >= 15 is 0 Å². The minimum atomic E-state index is -0.634. The Morgan fingerprint density at radius 1 is 1.17 bits per heavy atom. The molecule has 1 aliphatic rings.